The van der Waals surface area contributed by atoms with E-state index >= 15 is 0 Å². The lowest BCUT2D eigenvalue weighted by Gasteiger charge is -2.40. The van der Waals surface area contributed by atoms with Gasteiger partial charge < -0.3 is 10.2 Å². The van der Waals surface area contributed by atoms with E-state index in [9.17, 15) is 0 Å². The number of furan rings is 1. The van der Waals surface area contributed by atoms with Crippen molar-refractivity contribution in [2.24, 2.45) is 5.73 Å². The molecule has 0 spiro atoms. The quantitative estimate of drug-likeness (QED) is 0.757. The average molecular weight is 238 g/mol. The van der Waals surface area contributed by atoms with Gasteiger partial charge in [0.2, 0.25) is 0 Å². The van der Waals surface area contributed by atoms with Gasteiger partial charge in [-0.05, 0) is 32.0 Å². The highest BCUT2D eigenvalue weighted by molar-refractivity contribution is 5.00. The van der Waals surface area contributed by atoms with Crippen molar-refractivity contribution in [3.8, 4) is 0 Å². The second-order valence-corrected chi connectivity index (χ2v) is 4.82. The van der Waals surface area contributed by atoms with E-state index in [-0.39, 0.29) is 5.54 Å². The molecule has 0 saturated carbocycles. The SMILES string of the molecule is CCCCC(CC)(CN)N(C)Cc1ccco1. The minimum absolute atomic E-state index is 0.114. The van der Waals surface area contributed by atoms with Gasteiger partial charge >= 0.3 is 0 Å². The molecule has 1 aromatic heterocycles. The molecule has 1 atom stereocenters. The maximum absolute atomic E-state index is 6.02. The van der Waals surface area contributed by atoms with Crippen LogP contribution in [0.1, 0.15) is 45.3 Å². The average Bonchev–Trinajstić information content (AvgIpc) is 2.84. The second kappa shape index (κ2) is 6.82. The van der Waals surface area contributed by atoms with Crippen molar-refractivity contribution < 1.29 is 4.42 Å². The molecule has 1 unspecified atom stereocenters. The third kappa shape index (κ3) is 3.58. The molecule has 98 valence electrons. The Morgan fingerprint density at radius 1 is 1.41 bits per heavy atom. The number of hydrogen-bond acceptors (Lipinski definition) is 3. The van der Waals surface area contributed by atoms with Crippen molar-refractivity contribution in [1.29, 1.82) is 0 Å². The van der Waals surface area contributed by atoms with Crippen LogP contribution < -0.4 is 5.73 Å². The first-order valence-electron chi connectivity index (χ1n) is 6.62. The Morgan fingerprint density at radius 3 is 2.65 bits per heavy atom. The number of likely N-dealkylation sites (N-methyl/N-ethyl adjacent to an activating group) is 1. The van der Waals surface area contributed by atoms with Gasteiger partial charge in [-0.3, -0.25) is 4.90 Å². The summed E-state index contributed by atoms with van der Waals surface area (Å²) in [7, 11) is 2.15. The molecular formula is C14H26N2O. The highest BCUT2D eigenvalue weighted by Crippen LogP contribution is 2.26. The normalized spacial score (nSPS) is 15.1. The zero-order valence-corrected chi connectivity index (χ0v) is 11.4. The van der Waals surface area contributed by atoms with Crippen LogP contribution in [0.3, 0.4) is 0 Å². The van der Waals surface area contributed by atoms with Crippen LogP contribution in [0.4, 0.5) is 0 Å². The number of rotatable bonds is 8. The minimum atomic E-state index is 0.114. The molecule has 0 fully saturated rings. The summed E-state index contributed by atoms with van der Waals surface area (Å²) in [6.45, 7) is 5.99. The second-order valence-electron chi connectivity index (χ2n) is 4.82. The largest absolute Gasteiger partial charge is 0.468 e. The Hall–Kier alpha value is -0.800. The highest BCUT2D eigenvalue weighted by Gasteiger charge is 2.30. The Bertz CT molecular complexity index is 291. The van der Waals surface area contributed by atoms with Crippen LogP contribution in [-0.2, 0) is 6.54 Å². The summed E-state index contributed by atoms with van der Waals surface area (Å²) in [4.78, 5) is 2.35. The van der Waals surface area contributed by atoms with Gasteiger partial charge in [-0.25, -0.2) is 0 Å². The summed E-state index contributed by atoms with van der Waals surface area (Å²) < 4.78 is 5.41. The summed E-state index contributed by atoms with van der Waals surface area (Å²) in [5, 5.41) is 0. The molecule has 0 amide bonds. The standard InChI is InChI=1S/C14H26N2O/c1-4-6-9-14(5-2,12-15)16(3)11-13-8-7-10-17-13/h7-8,10H,4-6,9,11-12,15H2,1-3H3. The molecule has 3 nitrogen and oxygen atoms in total. The maximum Gasteiger partial charge on any atom is 0.117 e. The Kier molecular flexibility index (Phi) is 5.72. The van der Waals surface area contributed by atoms with Crippen molar-refractivity contribution in [2.45, 2.75) is 51.6 Å². The van der Waals surface area contributed by atoms with Crippen LogP contribution in [0.15, 0.2) is 22.8 Å². The molecule has 0 aromatic carbocycles. The van der Waals surface area contributed by atoms with Gasteiger partial charge in [0.05, 0.1) is 12.8 Å². The Morgan fingerprint density at radius 2 is 2.18 bits per heavy atom. The van der Waals surface area contributed by atoms with Crippen LogP contribution in [0.5, 0.6) is 0 Å². The summed E-state index contributed by atoms with van der Waals surface area (Å²) >= 11 is 0. The van der Waals surface area contributed by atoms with Gasteiger partial charge in [0.15, 0.2) is 0 Å². The van der Waals surface area contributed by atoms with Crippen molar-refractivity contribution in [3.05, 3.63) is 24.2 Å². The predicted molar refractivity (Wildman–Crippen MR) is 71.8 cm³/mol. The zero-order chi connectivity index (χ0) is 12.7. The molecule has 0 aliphatic rings. The van der Waals surface area contributed by atoms with E-state index in [0.29, 0.717) is 6.54 Å². The van der Waals surface area contributed by atoms with Gasteiger partial charge in [0, 0.05) is 12.1 Å². The van der Waals surface area contributed by atoms with Gasteiger partial charge in [-0.1, -0.05) is 26.7 Å². The van der Waals surface area contributed by atoms with Crippen LogP contribution in [-0.4, -0.2) is 24.0 Å². The van der Waals surface area contributed by atoms with Crippen molar-refractivity contribution in [2.75, 3.05) is 13.6 Å². The fourth-order valence-electron chi connectivity index (χ4n) is 2.35. The number of nitrogens with two attached hydrogens (primary N) is 1. The molecule has 1 aromatic rings. The summed E-state index contributed by atoms with van der Waals surface area (Å²) in [5.41, 5.74) is 6.13. The summed E-state index contributed by atoms with van der Waals surface area (Å²) in [6, 6.07) is 3.96. The molecule has 17 heavy (non-hydrogen) atoms. The molecule has 0 bridgehead atoms. The number of hydrogen-bond donors (Lipinski definition) is 1. The fourth-order valence-corrected chi connectivity index (χ4v) is 2.35. The van der Waals surface area contributed by atoms with Crippen molar-refractivity contribution in [3.63, 3.8) is 0 Å². The molecule has 1 heterocycles. The van der Waals surface area contributed by atoms with E-state index in [1.165, 1.54) is 12.8 Å². The molecule has 2 N–H and O–H groups in total. The van der Waals surface area contributed by atoms with Gasteiger partial charge in [-0.2, -0.15) is 0 Å². The Balaban J connectivity index is 2.68. The fraction of sp³-hybridized carbons (Fsp3) is 0.714. The monoisotopic (exact) mass is 238 g/mol. The first-order valence-corrected chi connectivity index (χ1v) is 6.62. The molecule has 0 aliphatic heterocycles. The van der Waals surface area contributed by atoms with Gasteiger partial charge in [0.1, 0.15) is 5.76 Å². The van der Waals surface area contributed by atoms with Crippen molar-refractivity contribution in [1.82, 2.24) is 4.90 Å². The molecule has 3 heteroatoms. The van der Waals surface area contributed by atoms with E-state index in [1.54, 1.807) is 6.26 Å². The van der Waals surface area contributed by atoms with Crippen LogP contribution in [0, 0.1) is 0 Å². The predicted octanol–water partition coefficient (Wildman–Crippen LogP) is 3.01. The van der Waals surface area contributed by atoms with Crippen LogP contribution >= 0.6 is 0 Å². The van der Waals surface area contributed by atoms with E-state index in [4.69, 9.17) is 10.2 Å². The lowest BCUT2D eigenvalue weighted by Crippen LogP contribution is -2.51. The van der Waals surface area contributed by atoms with Crippen LogP contribution in [0.2, 0.25) is 0 Å². The van der Waals surface area contributed by atoms with Gasteiger partial charge in [-0.15, -0.1) is 0 Å². The van der Waals surface area contributed by atoms with Gasteiger partial charge in [0.25, 0.3) is 0 Å². The molecule has 0 radical (unpaired) electrons. The molecule has 1 rings (SSSR count). The molecule has 0 aliphatic carbocycles. The lowest BCUT2D eigenvalue weighted by molar-refractivity contribution is 0.0924. The minimum Gasteiger partial charge on any atom is -0.468 e. The third-order valence-electron chi connectivity index (χ3n) is 3.82. The molecular weight excluding hydrogens is 212 g/mol. The zero-order valence-electron chi connectivity index (χ0n) is 11.4. The van der Waals surface area contributed by atoms with Crippen molar-refractivity contribution >= 4 is 0 Å². The summed E-state index contributed by atoms with van der Waals surface area (Å²) in [6.07, 6.45) is 6.42. The number of unbranched alkanes of at least 4 members (excludes halogenated alkanes) is 1. The van der Waals surface area contributed by atoms with E-state index in [1.807, 2.05) is 12.1 Å². The van der Waals surface area contributed by atoms with E-state index in [2.05, 4.69) is 25.8 Å². The van der Waals surface area contributed by atoms with E-state index < -0.39 is 0 Å². The Labute approximate surface area is 105 Å². The smallest absolute Gasteiger partial charge is 0.117 e. The lowest BCUT2D eigenvalue weighted by atomic mass is 9.88. The molecule has 0 saturated heterocycles. The first-order chi connectivity index (χ1) is 8.18. The van der Waals surface area contributed by atoms with E-state index in [0.717, 1.165) is 25.1 Å². The topological polar surface area (TPSA) is 42.4 Å². The highest BCUT2D eigenvalue weighted by atomic mass is 16.3. The number of nitrogens with zero attached hydrogens (tertiary/aromatic N) is 1. The maximum atomic E-state index is 6.02. The summed E-state index contributed by atoms with van der Waals surface area (Å²) in [5.74, 6) is 1.01. The first kappa shape index (κ1) is 14.3. The van der Waals surface area contributed by atoms with Crippen LogP contribution in [0.25, 0.3) is 0 Å². The third-order valence-corrected chi connectivity index (χ3v) is 3.82.